The van der Waals surface area contributed by atoms with Crippen molar-refractivity contribution < 1.29 is 9.36 Å². The van der Waals surface area contributed by atoms with Crippen molar-refractivity contribution in [3.8, 4) is 17.1 Å². The zero-order chi connectivity index (χ0) is 17.8. The van der Waals surface area contributed by atoms with Gasteiger partial charge in [-0.1, -0.05) is 66.7 Å². The largest absolute Gasteiger partial charge is 0.327 e. The minimum atomic E-state index is -0.00473. The Morgan fingerprint density at radius 3 is 2.08 bits per heavy atom. The van der Waals surface area contributed by atoms with Crippen LogP contribution in [0.4, 0.5) is 0 Å². The maximum absolute atomic E-state index is 12.8. The number of carbonyl (C=O) groups excluding carboxylic acids is 1. The average molecular weight is 337 g/mol. The lowest BCUT2D eigenvalue weighted by Crippen LogP contribution is -2.35. The molecule has 0 amide bonds. The Kier molecular flexibility index (Phi) is 4.35. The predicted octanol–water partition coefficient (Wildman–Crippen LogP) is 4.26. The van der Waals surface area contributed by atoms with E-state index in [1.807, 2.05) is 102 Å². The third kappa shape index (κ3) is 3.15. The first kappa shape index (κ1) is 15.9. The van der Waals surface area contributed by atoms with Crippen molar-refractivity contribution in [3.63, 3.8) is 0 Å². The Labute approximate surface area is 152 Å². The molecular formula is C23H17N2O+. The van der Waals surface area contributed by atoms with Crippen LogP contribution < -0.4 is 4.57 Å². The molecule has 0 atom stereocenters. The highest BCUT2D eigenvalue weighted by atomic mass is 16.1. The van der Waals surface area contributed by atoms with E-state index in [9.17, 15) is 4.79 Å². The first-order valence-electron chi connectivity index (χ1n) is 8.45. The lowest BCUT2D eigenvalue weighted by molar-refractivity contribution is -0.588. The van der Waals surface area contributed by atoms with Crippen LogP contribution in [0.15, 0.2) is 103 Å². The summed E-state index contributed by atoms with van der Waals surface area (Å²) in [5.74, 6) is 0.768. The van der Waals surface area contributed by atoms with Crippen LogP contribution in [-0.2, 0) is 0 Å². The maximum Gasteiger partial charge on any atom is 0.327 e. The topological polar surface area (TPSA) is 33.8 Å². The predicted molar refractivity (Wildman–Crippen MR) is 101 cm³/mol. The molecule has 2 aromatic carbocycles. The van der Waals surface area contributed by atoms with Crippen LogP contribution in [0.2, 0.25) is 0 Å². The van der Waals surface area contributed by atoms with Crippen LogP contribution in [0.1, 0.15) is 15.9 Å². The molecule has 2 heterocycles. The summed E-state index contributed by atoms with van der Waals surface area (Å²) in [5, 5.41) is 0. The number of rotatable bonds is 4. The number of carbonyl (C=O) groups is 1. The number of hydrogen-bond acceptors (Lipinski definition) is 2. The molecule has 2 aromatic heterocycles. The van der Waals surface area contributed by atoms with E-state index in [2.05, 4.69) is 4.98 Å². The highest BCUT2D eigenvalue weighted by molar-refractivity contribution is 6.08. The molecule has 0 unspecified atom stereocenters. The number of ketones is 1. The monoisotopic (exact) mass is 337 g/mol. The molecule has 3 nitrogen and oxygen atoms in total. The van der Waals surface area contributed by atoms with Gasteiger partial charge in [0.1, 0.15) is 18.1 Å². The SMILES string of the molecule is O=C(c1ccccc1)c1ccc(-c2ccccc2)[n+](-c2ccccn2)c1. The van der Waals surface area contributed by atoms with Gasteiger partial charge in [0.05, 0.1) is 5.56 Å². The van der Waals surface area contributed by atoms with Crippen molar-refractivity contribution in [1.29, 1.82) is 0 Å². The molecule has 3 heteroatoms. The third-order valence-electron chi connectivity index (χ3n) is 4.21. The van der Waals surface area contributed by atoms with Gasteiger partial charge in [0.15, 0.2) is 5.78 Å². The second-order valence-corrected chi connectivity index (χ2v) is 5.92. The fraction of sp³-hybridized carbons (Fsp3) is 0. The molecule has 0 aliphatic heterocycles. The van der Waals surface area contributed by atoms with Gasteiger partial charge in [-0.2, -0.15) is 4.57 Å². The number of pyridine rings is 2. The normalized spacial score (nSPS) is 10.5. The minimum Gasteiger partial charge on any atom is -0.288 e. The minimum absolute atomic E-state index is 0.00473. The first-order chi connectivity index (χ1) is 12.8. The molecule has 0 saturated heterocycles. The maximum atomic E-state index is 12.8. The van der Waals surface area contributed by atoms with Gasteiger partial charge in [-0.15, -0.1) is 0 Å². The van der Waals surface area contributed by atoms with Crippen LogP contribution in [-0.4, -0.2) is 10.8 Å². The van der Waals surface area contributed by atoms with Gasteiger partial charge >= 0.3 is 5.82 Å². The number of benzene rings is 2. The van der Waals surface area contributed by atoms with Gasteiger partial charge in [0.2, 0.25) is 0 Å². The van der Waals surface area contributed by atoms with E-state index in [1.165, 1.54) is 0 Å². The van der Waals surface area contributed by atoms with E-state index >= 15 is 0 Å². The van der Waals surface area contributed by atoms with Crippen molar-refractivity contribution in [2.24, 2.45) is 0 Å². The summed E-state index contributed by atoms with van der Waals surface area (Å²) in [6.07, 6.45) is 3.61. The zero-order valence-electron chi connectivity index (χ0n) is 14.1. The molecule has 0 radical (unpaired) electrons. The first-order valence-corrected chi connectivity index (χ1v) is 8.45. The van der Waals surface area contributed by atoms with E-state index in [1.54, 1.807) is 6.20 Å². The van der Waals surface area contributed by atoms with E-state index in [0.717, 1.165) is 17.1 Å². The standard InChI is InChI=1S/C23H17N2O/c26-23(19-11-5-2-6-12-19)20-14-15-21(18-9-3-1-4-10-18)25(17-20)22-13-7-8-16-24-22/h1-17H/q+1. The smallest absolute Gasteiger partial charge is 0.288 e. The number of aromatic nitrogens is 2. The summed E-state index contributed by atoms with van der Waals surface area (Å²) in [4.78, 5) is 17.3. The molecule has 0 aliphatic rings. The van der Waals surface area contributed by atoms with E-state index in [-0.39, 0.29) is 5.78 Å². The summed E-state index contributed by atoms with van der Waals surface area (Å²) in [6, 6.07) is 29.0. The number of hydrogen-bond donors (Lipinski definition) is 0. The Balaban J connectivity index is 1.86. The second-order valence-electron chi connectivity index (χ2n) is 5.92. The summed E-state index contributed by atoms with van der Waals surface area (Å²) < 4.78 is 1.96. The molecule has 0 spiro atoms. The van der Waals surface area contributed by atoms with Gasteiger partial charge in [0, 0.05) is 17.2 Å². The summed E-state index contributed by atoms with van der Waals surface area (Å²) in [5.41, 5.74) is 3.35. The molecule has 4 rings (SSSR count). The van der Waals surface area contributed by atoms with Crippen LogP contribution in [0, 0.1) is 0 Å². The summed E-state index contributed by atoms with van der Waals surface area (Å²) >= 11 is 0. The van der Waals surface area contributed by atoms with Gasteiger partial charge in [-0.3, -0.25) is 4.79 Å². The van der Waals surface area contributed by atoms with E-state index in [0.29, 0.717) is 11.1 Å². The zero-order valence-corrected chi connectivity index (χ0v) is 14.1. The quantitative estimate of drug-likeness (QED) is 0.412. The molecule has 0 N–H and O–H groups in total. The Morgan fingerprint density at radius 1 is 0.692 bits per heavy atom. The van der Waals surface area contributed by atoms with Crippen LogP contribution in [0.25, 0.3) is 17.1 Å². The lowest BCUT2D eigenvalue weighted by atomic mass is 10.0. The van der Waals surface area contributed by atoms with Crippen LogP contribution >= 0.6 is 0 Å². The fourth-order valence-corrected chi connectivity index (χ4v) is 2.92. The van der Waals surface area contributed by atoms with Crippen molar-refractivity contribution >= 4 is 5.78 Å². The van der Waals surface area contributed by atoms with Gasteiger partial charge < -0.3 is 0 Å². The molecule has 26 heavy (non-hydrogen) atoms. The molecule has 0 fully saturated rings. The van der Waals surface area contributed by atoms with Crippen molar-refractivity contribution in [2.75, 3.05) is 0 Å². The van der Waals surface area contributed by atoms with Crippen molar-refractivity contribution in [1.82, 2.24) is 4.98 Å². The van der Waals surface area contributed by atoms with Crippen LogP contribution in [0.5, 0.6) is 0 Å². The molecular weight excluding hydrogens is 320 g/mol. The van der Waals surface area contributed by atoms with E-state index in [4.69, 9.17) is 0 Å². The van der Waals surface area contributed by atoms with Gasteiger partial charge in [0.25, 0.3) is 0 Å². The second kappa shape index (κ2) is 7.11. The van der Waals surface area contributed by atoms with Gasteiger partial charge in [-0.25, -0.2) is 0 Å². The molecule has 4 aromatic rings. The summed E-state index contributed by atoms with van der Waals surface area (Å²) in [7, 11) is 0. The fourth-order valence-electron chi connectivity index (χ4n) is 2.92. The van der Waals surface area contributed by atoms with Crippen LogP contribution in [0.3, 0.4) is 0 Å². The Morgan fingerprint density at radius 2 is 1.38 bits per heavy atom. The molecule has 0 aliphatic carbocycles. The summed E-state index contributed by atoms with van der Waals surface area (Å²) in [6.45, 7) is 0. The van der Waals surface area contributed by atoms with Gasteiger partial charge in [-0.05, 0) is 23.2 Å². The highest BCUT2D eigenvalue weighted by Crippen LogP contribution is 2.18. The van der Waals surface area contributed by atoms with Crippen molar-refractivity contribution in [2.45, 2.75) is 0 Å². The van der Waals surface area contributed by atoms with Crippen molar-refractivity contribution in [3.05, 3.63) is 115 Å². The average Bonchev–Trinajstić information content (AvgIpc) is 2.75. The molecule has 0 saturated carbocycles. The Bertz CT molecular complexity index is 1030. The third-order valence-corrected chi connectivity index (χ3v) is 4.21. The molecule has 124 valence electrons. The molecule has 0 bridgehead atoms. The highest BCUT2D eigenvalue weighted by Gasteiger charge is 2.18. The lowest BCUT2D eigenvalue weighted by Gasteiger charge is -2.08. The number of nitrogens with zero attached hydrogens (tertiary/aromatic N) is 2. The van der Waals surface area contributed by atoms with E-state index < -0.39 is 0 Å². The Hall–Kier alpha value is -3.59.